The lowest BCUT2D eigenvalue weighted by Gasteiger charge is -1.99. The Labute approximate surface area is 93.2 Å². The Morgan fingerprint density at radius 2 is 1.93 bits per heavy atom. The highest BCUT2D eigenvalue weighted by molar-refractivity contribution is 6.30. The van der Waals surface area contributed by atoms with Crippen molar-refractivity contribution in [2.24, 2.45) is 5.92 Å². The highest BCUT2D eigenvalue weighted by Crippen LogP contribution is 2.31. The number of hydrogen-bond donors (Lipinski definition) is 1. The first-order valence-corrected chi connectivity index (χ1v) is 5.25. The topological polar surface area (TPSA) is 37.3 Å². The quantitative estimate of drug-likeness (QED) is 0.630. The van der Waals surface area contributed by atoms with Gasteiger partial charge in [-0.1, -0.05) is 11.6 Å². The maximum Gasteiger partial charge on any atom is 0.162 e. The second-order valence-corrected chi connectivity index (χ2v) is 4.15. The predicted octanol–water partition coefficient (Wildman–Crippen LogP) is 3.22. The van der Waals surface area contributed by atoms with Gasteiger partial charge in [0, 0.05) is 22.6 Å². The van der Waals surface area contributed by atoms with Crippen molar-refractivity contribution in [1.29, 1.82) is 0 Å². The summed E-state index contributed by atoms with van der Waals surface area (Å²) in [7, 11) is 0. The van der Waals surface area contributed by atoms with Gasteiger partial charge in [-0.15, -0.1) is 0 Å². The summed E-state index contributed by atoms with van der Waals surface area (Å²) in [6.07, 6.45) is 3.20. The maximum atomic E-state index is 11.4. The van der Waals surface area contributed by atoms with E-state index < -0.39 is 0 Å². The number of benzene rings is 1. The molecule has 0 bridgehead atoms. The fourth-order valence-electron chi connectivity index (χ4n) is 1.32. The van der Waals surface area contributed by atoms with Crippen molar-refractivity contribution in [2.45, 2.75) is 12.8 Å². The zero-order chi connectivity index (χ0) is 10.8. The van der Waals surface area contributed by atoms with E-state index >= 15 is 0 Å². The molecule has 1 aliphatic carbocycles. The number of rotatable bonds is 3. The van der Waals surface area contributed by atoms with Gasteiger partial charge in [0.2, 0.25) is 0 Å². The third kappa shape index (κ3) is 2.60. The summed E-state index contributed by atoms with van der Waals surface area (Å²) >= 11 is 5.71. The van der Waals surface area contributed by atoms with Gasteiger partial charge < -0.3 is 5.11 Å². The lowest BCUT2D eigenvalue weighted by Crippen LogP contribution is -1.96. The predicted molar refractivity (Wildman–Crippen MR) is 59.8 cm³/mol. The molecular weight excluding hydrogens is 212 g/mol. The minimum Gasteiger partial charge on any atom is -0.507 e. The van der Waals surface area contributed by atoms with E-state index in [9.17, 15) is 9.90 Å². The molecule has 0 saturated heterocycles. The van der Waals surface area contributed by atoms with Gasteiger partial charge in [0.25, 0.3) is 0 Å². The van der Waals surface area contributed by atoms with E-state index in [0.717, 1.165) is 12.8 Å². The molecule has 1 aliphatic rings. The maximum absolute atomic E-state index is 11.4. The van der Waals surface area contributed by atoms with Gasteiger partial charge in [0.15, 0.2) is 5.78 Å². The zero-order valence-electron chi connectivity index (χ0n) is 8.11. The SMILES string of the molecule is O=C(C=C(O)c1ccc(Cl)cc1)C1CC1. The summed E-state index contributed by atoms with van der Waals surface area (Å²) in [5.74, 6) is 0.172. The minimum absolute atomic E-state index is 0.0162. The number of allylic oxidation sites excluding steroid dienone is 1. The van der Waals surface area contributed by atoms with Crippen LogP contribution in [-0.4, -0.2) is 10.9 Å². The summed E-state index contributed by atoms with van der Waals surface area (Å²) in [5, 5.41) is 10.3. The number of carbonyl (C=O) groups excluding carboxylic acids is 1. The molecule has 0 spiro atoms. The van der Waals surface area contributed by atoms with E-state index in [2.05, 4.69) is 0 Å². The summed E-state index contributed by atoms with van der Waals surface area (Å²) in [4.78, 5) is 11.4. The smallest absolute Gasteiger partial charge is 0.162 e. The average molecular weight is 223 g/mol. The number of halogens is 1. The molecule has 1 aromatic carbocycles. The van der Waals surface area contributed by atoms with Crippen LogP contribution in [0.5, 0.6) is 0 Å². The normalized spacial score (nSPS) is 16.5. The summed E-state index contributed by atoms with van der Waals surface area (Å²) in [5.41, 5.74) is 0.619. The van der Waals surface area contributed by atoms with Gasteiger partial charge in [0.05, 0.1) is 0 Å². The van der Waals surface area contributed by atoms with Crippen LogP contribution in [0.15, 0.2) is 30.3 Å². The van der Waals surface area contributed by atoms with E-state index in [1.807, 2.05) is 0 Å². The number of aliphatic hydroxyl groups is 1. The van der Waals surface area contributed by atoms with Crippen LogP contribution in [0.3, 0.4) is 0 Å². The Kier molecular flexibility index (Phi) is 2.78. The van der Waals surface area contributed by atoms with Gasteiger partial charge in [-0.2, -0.15) is 0 Å². The number of carbonyl (C=O) groups is 1. The van der Waals surface area contributed by atoms with Gasteiger partial charge in [-0.05, 0) is 37.1 Å². The number of ketones is 1. The molecule has 0 amide bonds. The molecule has 1 aromatic rings. The molecule has 0 heterocycles. The fourth-order valence-corrected chi connectivity index (χ4v) is 1.45. The van der Waals surface area contributed by atoms with E-state index in [0.29, 0.717) is 10.6 Å². The monoisotopic (exact) mass is 222 g/mol. The molecule has 3 heteroatoms. The summed E-state index contributed by atoms with van der Waals surface area (Å²) in [6.45, 7) is 0. The molecule has 1 fully saturated rings. The van der Waals surface area contributed by atoms with Crippen molar-refractivity contribution in [1.82, 2.24) is 0 Å². The molecule has 1 saturated carbocycles. The minimum atomic E-state index is 0.0162. The van der Waals surface area contributed by atoms with Crippen molar-refractivity contribution in [3.63, 3.8) is 0 Å². The van der Waals surface area contributed by atoms with Crippen LogP contribution in [0.4, 0.5) is 0 Å². The summed E-state index contributed by atoms with van der Waals surface area (Å²) < 4.78 is 0. The van der Waals surface area contributed by atoms with Gasteiger partial charge in [-0.3, -0.25) is 4.79 Å². The van der Waals surface area contributed by atoms with Crippen molar-refractivity contribution in [3.05, 3.63) is 40.9 Å². The Morgan fingerprint density at radius 1 is 1.33 bits per heavy atom. The lowest BCUT2D eigenvalue weighted by atomic mass is 10.1. The van der Waals surface area contributed by atoms with Gasteiger partial charge in [-0.25, -0.2) is 0 Å². The molecular formula is C12H11ClO2. The Morgan fingerprint density at radius 3 is 2.47 bits per heavy atom. The van der Waals surface area contributed by atoms with E-state index in [1.54, 1.807) is 24.3 Å². The summed E-state index contributed by atoms with van der Waals surface area (Å²) in [6, 6.07) is 6.74. The largest absolute Gasteiger partial charge is 0.507 e. The Balaban J connectivity index is 2.15. The van der Waals surface area contributed by atoms with Crippen molar-refractivity contribution in [3.8, 4) is 0 Å². The van der Waals surface area contributed by atoms with E-state index in [-0.39, 0.29) is 17.5 Å². The highest BCUT2D eigenvalue weighted by Gasteiger charge is 2.28. The van der Waals surface area contributed by atoms with E-state index in [4.69, 9.17) is 11.6 Å². The standard InChI is InChI=1S/C12H11ClO2/c13-10-5-3-9(4-6-10)12(15)7-11(14)8-1-2-8/h3-8,15H,1-2H2. The molecule has 2 nitrogen and oxygen atoms in total. The first kappa shape index (κ1) is 10.2. The first-order valence-electron chi connectivity index (χ1n) is 4.87. The molecule has 2 rings (SSSR count). The number of aliphatic hydroxyl groups excluding tert-OH is 1. The van der Waals surface area contributed by atoms with Crippen molar-refractivity contribution < 1.29 is 9.90 Å². The second-order valence-electron chi connectivity index (χ2n) is 3.71. The van der Waals surface area contributed by atoms with Crippen LogP contribution in [0.25, 0.3) is 5.76 Å². The van der Waals surface area contributed by atoms with E-state index in [1.165, 1.54) is 6.08 Å². The zero-order valence-corrected chi connectivity index (χ0v) is 8.87. The Hall–Kier alpha value is -1.28. The van der Waals surface area contributed by atoms with Crippen LogP contribution in [0.2, 0.25) is 5.02 Å². The van der Waals surface area contributed by atoms with Crippen LogP contribution in [0.1, 0.15) is 18.4 Å². The molecule has 78 valence electrons. The number of hydrogen-bond acceptors (Lipinski definition) is 2. The second kappa shape index (κ2) is 4.07. The van der Waals surface area contributed by atoms with Gasteiger partial charge >= 0.3 is 0 Å². The van der Waals surface area contributed by atoms with Crippen LogP contribution in [0, 0.1) is 5.92 Å². The molecule has 15 heavy (non-hydrogen) atoms. The molecule has 0 unspecified atom stereocenters. The van der Waals surface area contributed by atoms with Crippen LogP contribution in [-0.2, 0) is 4.79 Å². The third-order valence-electron chi connectivity index (χ3n) is 2.40. The third-order valence-corrected chi connectivity index (χ3v) is 2.65. The molecule has 1 N–H and O–H groups in total. The van der Waals surface area contributed by atoms with Crippen molar-refractivity contribution >= 4 is 23.1 Å². The van der Waals surface area contributed by atoms with Crippen LogP contribution >= 0.6 is 11.6 Å². The molecule has 0 aliphatic heterocycles. The van der Waals surface area contributed by atoms with Crippen LogP contribution < -0.4 is 0 Å². The van der Waals surface area contributed by atoms with Crippen molar-refractivity contribution in [2.75, 3.05) is 0 Å². The molecule has 0 aromatic heterocycles. The van der Waals surface area contributed by atoms with Gasteiger partial charge in [0.1, 0.15) is 5.76 Å². The molecule has 0 radical (unpaired) electrons. The highest BCUT2D eigenvalue weighted by atomic mass is 35.5. The average Bonchev–Trinajstić information content (AvgIpc) is 3.01. The molecule has 0 atom stereocenters. The fraction of sp³-hybridized carbons (Fsp3) is 0.250. The Bertz CT molecular complexity index is 402. The first-order chi connectivity index (χ1) is 7.16. The lowest BCUT2D eigenvalue weighted by molar-refractivity contribution is -0.115.